The van der Waals surface area contributed by atoms with Gasteiger partial charge in [0.25, 0.3) is 5.91 Å². The molecule has 0 N–H and O–H groups in total. The Morgan fingerprint density at radius 2 is 1.95 bits per heavy atom. The number of carbonyl (C=O) groups excluding carboxylic acids is 1. The van der Waals surface area contributed by atoms with Crippen LogP contribution in [0.2, 0.25) is 0 Å². The largest absolute Gasteiger partial charge is 0.406 e. The van der Waals surface area contributed by atoms with Crippen LogP contribution in [-0.2, 0) is 9.84 Å². The van der Waals surface area contributed by atoms with Crippen molar-refractivity contribution in [2.75, 3.05) is 25.2 Å². The minimum Gasteiger partial charge on any atom is -0.328 e. The summed E-state index contributed by atoms with van der Waals surface area (Å²) < 4.78 is 60.1. The van der Waals surface area contributed by atoms with Gasteiger partial charge in [0.05, 0.1) is 4.90 Å². The molecule has 0 heterocycles. The molecule has 1 rings (SSSR count). The van der Waals surface area contributed by atoms with Gasteiger partial charge in [0.1, 0.15) is 6.54 Å². The maximum Gasteiger partial charge on any atom is 0.406 e. The van der Waals surface area contributed by atoms with Crippen LogP contribution in [0.15, 0.2) is 29.2 Å². The van der Waals surface area contributed by atoms with E-state index >= 15 is 0 Å². The monoisotopic (exact) mass is 343 g/mol. The Morgan fingerprint density at radius 3 is 2.43 bits per heavy atom. The van der Waals surface area contributed by atoms with Crippen molar-refractivity contribution in [3.8, 4) is 0 Å². The Balaban J connectivity index is 3.09. The van der Waals surface area contributed by atoms with Gasteiger partial charge >= 0.3 is 6.18 Å². The zero-order valence-electron chi connectivity index (χ0n) is 11.0. The van der Waals surface area contributed by atoms with E-state index in [1.165, 1.54) is 18.2 Å². The predicted molar refractivity (Wildman–Crippen MR) is 72.2 cm³/mol. The van der Waals surface area contributed by atoms with Crippen molar-refractivity contribution in [2.45, 2.75) is 11.1 Å². The van der Waals surface area contributed by atoms with E-state index in [1.807, 2.05) is 0 Å². The van der Waals surface area contributed by atoms with Crippen molar-refractivity contribution >= 4 is 27.3 Å². The van der Waals surface area contributed by atoms with Gasteiger partial charge in [0.2, 0.25) is 0 Å². The van der Waals surface area contributed by atoms with Crippen LogP contribution in [0.25, 0.3) is 0 Å². The number of alkyl halides is 4. The quantitative estimate of drug-likeness (QED) is 0.771. The second-order valence-electron chi connectivity index (χ2n) is 4.33. The van der Waals surface area contributed by atoms with E-state index in [2.05, 4.69) is 0 Å². The smallest absolute Gasteiger partial charge is 0.328 e. The third-order valence-corrected chi connectivity index (χ3v) is 3.80. The summed E-state index contributed by atoms with van der Waals surface area (Å²) in [5.41, 5.74) is -0.132. The lowest BCUT2D eigenvalue weighted by atomic mass is 10.2. The van der Waals surface area contributed by atoms with Crippen molar-refractivity contribution in [3.05, 3.63) is 29.8 Å². The first-order chi connectivity index (χ1) is 9.54. The molecule has 0 aliphatic heterocycles. The molecule has 1 aromatic carbocycles. The van der Waals surface area contributed by atoms with Crippen LogP contribution in [0.5, 0.6) is 0 Å². The molecule has 9 heteroatoms. The molecule has 0 bridgehead atoms. The number of carbonyl (C=O) groups is 1. The molecule has 0 aliphatic rings. The second kappa shape index (κ2) is 6.65. The van der Waals surface area contributed by atoms with Crippen LogP contribution in [0, 0.1) is 0 Å². The van der Waals surface area contributed by atoms with E-state index in [-0.39, 0.29) is 22.9 Å². The highest BCUT2D eigenvalue weighted by molar-refractivity contribution is 7.90. The van der Waals surface area contributed by atoms with Gasteiger partial charge in [0.15, 0.2) is 9.84 Å². The Morgan fingerprint density at radius 1 is 1.33 bits per heavy atom. The molecule has 0 fully saturated rings. The highest BCUT2D eigenvalue weighted by Crippen LogP contribution is 2.19. The lowest BCUT2D eigenvalue weighted by Crippen LogP contribution is -2.40. The van der Waals surface area contributed by atoms with Crippen LogP contribution in [0.1, 0.15) is 10.4 Å². The number of halogens is 4. The zero-order valence-corrected chi connectivity index (χ0v) is 12.6. The molecule has 0 unspecified atom stereocenters. The maximum atomic E-state index is 12.4. The van der Waals surface area contributed by atoms with E-state index in [0.29, 0.717) is 4.90 Å². The topological polar surface area (TPSA) is 54.5 Å². The lowest BCUT2D eigenvalue weighted by Gasteiger charge is -2.23. The fourth-order valence-corrected chi connectivity index (χ4v) is 2.48. The molecule has 0 spiro atoms. The van der Waals surface area contributed by atoms with Gasteiger partial charge in [-0.15, -0.1) is 11.6 Å². The number of hydrogen-bond donors (Lipinski definition) is 0. The van der Waals surface area contributed by atoms with E-state index in [9.17, 15) is 26.4 Å². The highest BCUT2D eigenvalue weighted by atomic mass is 35.5. The average molecular weight is 344 g/mol. The van der Waals surface area contributed by atoms with Gasteiger partial charge in [-0.25, -0.2) is 8.42 Å². The number of sulfone groups is 1. The first kappa shape index (κ1) is 17.8. The minimum atomic E-state index is -4.56. The summed E-state index contributed by atoms with van der Waals surface area (Å²) in [5.74, 6) is -1.08. The maximum absolute atomic E-state index is 12.4. The third-order valence-electron chi connectivity index (χ3n) is 2.52. The van der Waals surface area contributed by atoms with E-state index in [1.54, 1.807) is 0 Å². The Labute approximate surface area is 125 Å². The lowest BCUT2D eigenvalue weighted by molar-refractivity contribution is -0.140. The second-order valence-corrected chi connectivity index (χ2v) is 6.72. The van der Waals surface area contributed by atoms with Crippen LogP contribution < -0.4 is 0 Å². The van der Waals surface area contributed by atoms with Crippen LogP contribution in [0.4, 0.5) is 13.2 Å². The van der Waals surface area contributed by atoms with Crippen LogP contribution in [0.3, 0.4) is 0 Å². The summed E-state index contributed by atoms with van der Waals surface area (Å²) in [6, 6.07) is 4.88. The van der Waals surface area contributed by atoms with Gasteiger partial charge in [-0.3, -0.25) is 4.79 Å². The molecule has 0 aromatic heterocycles. The number of amides is 1. The van der Waals surface area contributed by atoms with Crippen molar-refractivity contribution in [3.63, 3.8) is 0 Å². The van der Waals surface area contributed by atoms with Gasteiger partial charge in [-0.2, -0.15) is 13.2 Å². The fraction of sp³-hybridized carbons (Fsp3) is 0.417. The molecule has 0 saturated carbocycles. The van der Waals surface area contributed by atoms with Crippen LogP contribution >= 0.6 is 11.6 Å². The first-order valence-electron chi connectivity index (χ1n) is 5.77. The number of nitrogens with zero attached hydrogens (tertiary/aromatic N) is 1. The van der Waals surface area contributed by atoms with Gasteiger partial charge < -0.3 is 4.90 Å². The van der Waals surface area contributed by atoms with Crippen LogP contribution in [-0.4, -0.2) is 50.6 Å². The minimum absolute atomic E-state index is 0.132. The van der Waals surface area contributed by atoms with Crippen molar-refractivity contribution in [2.24, 2.45) is 0 Å². The number of rotatable bonds is 5. The molecule has 21 heavy (non-hydrogen) atoms. The highest BCUT2D eigenvalue weighted by Gasteiger charge is 2.33. The van der Waals surface area contributed by atoms with Crippen molar-refractivity contribution < 1.29 is 26.4 Å². The summed E-state index contributed by atoms with van der Waals surface area (Å²) in [7, 11) is -3.55. The molecule has 0 saturated heterocycles. The van der Waals surface area contributed by atoms with Gasteiger partial charge in [-0.05, 0) is 18.2 Å². The molecule has 0 aliphatic carbocycles. The predicted octanol–water partition coefficient (Wildman–Crippen LogP) is 2.33. The Hall–Kier alpha value is -1.28. The Bertz CT molecular complexity index is 616. The van der Waals surface area contributed by atoms with E-state index in [4.69, 9.17) is 11.6 Å². The molecule has 118 valence electrons. The van der Waals surface area contributed by atoms with Gasteiger partial charge in [0, 0.05) is 24.2 Å². The molecule has 1 amide bonds. The number of benzene rings is 1. The third kappa shape index (κ3) is 5.55. The standard InChI is InChI=1S/C12H13ClF3NO3S/c1-21(19,20)10-4-2-3-9(7-10)11(18)17(6-5-13)8-12(14,15)16/h2-4,7H,5-6,8H2,1H3. The summed E-state index contributed by atoms with van der Waals surface area (Å²) in [5, 5.41) is 0. The summed E-state index contributed by atoms with van der Waals surface area (Å²) >= 11 is 5.40. The van der Waals surface area contributed by atoms with E-state index in [0.717, 1.165) is 12.3 Å². The molecule has 0 atom stereocenters. The molecule has 0 radical (unpaired) electrons. The molecule has 4 nitrogen and oxygen atoms in total. The molecular formula is C12H13ClF3NO3S. The fourth-order valence-electron chi connectivity index (χ4n) is 1.61. The average Bonchev–Trinajstić information content (AvgIpc) is 2.35. The Kier molecular flexibility index (Phi) is 5.63. The zero-order chi connectivity index (χ0) is 16.3. The van der Waals surface area contributed by atoms with Crippen molar-refractivity contribution in [1.82, 2.24) is 4.90 Å². The molecular weight excluding hydrogens is 331 g/mol. The van der Waals surface area contributed by atoms with Crippen molar-refractivity contribution in [1.29, 1.82) is 0 Å². The summed E-state index contributed by atoms with van der Waals surface area (Å²) in [6.07, 6.45) is -3.61. The normalized spacial score (nSPS) is 12.2. The summed E-state index contributed by atoms with van der Waals surface area (Å²) in [6.45, 7) is -1.73. The SMILES string of the molecule is CS(=O)(=O)c1cccc(C(=O)N(CCCl)CC(F)(F)F)c1. The molecule has 1 aromatic rings. The number of hydrogen-bond acceptors (Lipinski definition) is 3. The first-order valence-corrected chi connectivity index (χ1v) is 8.19. The van der Waals surface area contributed by atoms with Gasteiger partial charge in [-0.1, -0.05) is 6.07 Å². The van der Waals surface area contributed by atoms with E-state index < -0.39 is 28.5 Å². The summed E-state index contributed by atoms with van der Waals surface area (Å²) in [4.78, 5) is 12.5.